The number of fused-ring (bicyclic) bond motifs is 3. The molecule has 0 unspecified atom stereocenters. The minimum atomic E-state index is -5.00. The van der Waals surface area contributed by atoms with Crippen molar-refractivity contribution in [2.45, 2.75) is 79.1 Å². The van der Waals surface area contributed by atoms with Gasteiger partial charge in [0.05, 0.1) is 0 Å². The summed E-state index contributed by atoms with van der Waals surface area (Å²) in [7, 11) is 0. The van der Waals surface area contributed by atoms with Crippen LogP contribution < -0.4 is 9.81 Å². The Balaban J connectivity index is 1.87. The SMILES string of the molecule is [CH2]=[Zr]([C]1=CC=CC1)([c]1cccc(Cl)c1)([c]1cccc(Cl)c1)[c]1c(C)c(C(C)(C)C)cc2c1Cc1cc(C)c(C(C)(C)C)cc1-2. The van der Waals surface area contributed by atoms with Crippen molar-refractivity contribution in [3.05, 3.63) is 132 Å². The summed E-state index contributed by atoms with van der Waals surface area (Å²) in [5.74, 6) is 0. The molecule has 2 aliphatic carbocycles. The van der Waals surface area contributed by atoms with Gasteiger partial charge < -0.3 is 0 Å². The van der Waals surface area contributed by atoms with Gasteiger partial charge in [0.15, 0.2) is 0 Å². The van der Waals surface area contributed by atoms with Gasteiger partial charge in [-0.15, -0.1) is 0 Å². The number of hydrogen-bond donors (Lipinski definition) is 0. The topological polar surface area (TPSA) is 0 Å². The van der Waals surface area contributed by atoms with Gasteiger partial charge in [-0.05, 0) is 0 Å². The van der Waals surface area contributed by atoms with E-state index in [1.807, 2.05) is 12.1 Å². The van der Waals surface area contributed by atoms with Crippen LogP contribution in [0.5, 0.6) is 0 Å². The maximum absolute atomic E-state index is 6.88. The summed E-state index contributed by atoms with van der Waals surface area (Å²) in [5, 5.41) is 1.49. The average molecular weight is 699 g/mol. The molecule has 0 spiro atoms. The minimum absolute atomic E-state index is 0.0562. The predicted octanol–water partition coefficient (Wildman–Crippen LogP) is 10.0. The van der Waals surface area contributed by atoms with Gasteiger partial charge in [0.2, 0.25) is 0 Å². The zero-order valence-corrected chi connectivity index (χ0v) is 31.4. The molecule has 2 aliphatic rings. The van der Waals surface area contributed by atoms with Crippen molar-refractivity contribution in [2.24, 2.45) is 0 Å². The Kier molecular flexibility index (Phi) is 7.64. The second-order valence-corrected chi connectivity index (χ2v) is 28.9. The van der Waals surface area contributed by atoms with Crippen molar-refractivity contribution >= 4 is 37.2 Å². The first-order chi connectivity index (χ1) is 20.5. The standard InChI is InChI=1S/C23H29.2C6H4Cl.C5H5.CH2.Zr/c1-14-9-16-11-17-10-15(2)21(23(6,7)8)13-19(17)18(16)12-20(14)22(3,4)5;2*7-6-4-2-1-3-5-6;1-2-4-5-3-1;;/h9,12-13H,11H2,1-8H3;2*1-2,4-5H;1-3H,4H2;1H2;. The molecule has 0 atom stereocenters. The van der Waals surface area contributed by atoms with Gasteiger partial charge >= 0.3 is 277 Å². The molecule has 4 aromatic rings. The van der Waals surface area contributed by atoms with Crippen molar-refractivity contribution in [3.63, 3.8) is 0 Å². The van der Waals surface area contributed by atoms with Gasteiger partial charge in [-0.25, -0.2) is 0 Å². The van der Waals surface area contributed by atoms with Crippen LogP contribution in [0, 0.1) is 13.8 Å². The normalized spacial score (nSPS) is 14.9. The van der Waals surface area contributed by atoms with Crippen LogP contribution in [0.15, 0.2) is 88.2 Å². The van der Waals surface area contributed by atoms with Crippen molar-refractivity contribution in [3.8, 4) is 11.1 Å². The molecular weight excluding hydrogens is 655 g/mol. The third-order valence-electron chi connectivity index (χ3n) is 10.4. The number of aryl methyl sites for hydroxylation is 1. The average Bonchev–Trinajstić information content (AvgIpc) is 3.59. The number of allylic oxidation sites excluding steroid dienone is 4. The van der Waals surface area contributed by atoms with Crippen LogP contribution in [-0.2, 0) is 35.5 Å². The molecule has 226 valence electrons. The van der Waals surface area contributed by atoms with Crippen LogP contribution in [0.2, 0.25) is 10.0 Å². The predicted molar refractivity (Wildman–Crippen MR) is 192 cm³/mol. The van der Waals surface area contributed by atoms with Gasteiger partial charge in [0.1, 0.15) is 0 Å². The second-order valence-electron chi connectivity index (χ2n) is 15.3. The molecule has 0 aromatic heterocycles. The van der Waals surface area contributed by atoms with E-state index >= 15 is 0 Å². The number of rotatable bonds is 4. The summed E-state index contributed by atoms with van der Waals surface area (Å²) >= 11 is 8.76. The van der Waals surface area contributed by atoms with E-state index in [1.54, 1.807) is 0 Å². The van der Waals surface area contributed by atoms with Crippen molar-refractivity contribution in [1.82, 2.24) is 0 Å². The third-order valence-corrected chi connectivity index (χ3v) is 27.4. The summed E-state index contributed by atoms with van der Waals surface area (Å²) < 4.78 is 11.1. The molecule has 0 radical (unpaired) electrons. The first-order valence-electron chi connectivity index (χ1n) is 15.8. The van der Waals surface area contributed by atoms with Crippen LogP contribution >= 0.6 is 23.2 Å². The van der Waals surface area contributed by atoms with Crippen molar-refractivity contribution < 1.29 is 18.3 Å². The molecule has 6 rings (SSSR count). The van der Waals surface area contributed by atoms with Crippen molar-refractivity contribution in [1.29, 1.82) is 0 Å². The summed E-state index contributed by atoms with van der Waals surface area (Å²) in [5.41, 5.74) is 11.1. The molecule has 0 heterocycles. The number of hydrogen-bond acceptors (Lipinski definition) is 0. The Labute approximate surface area is 275 Å². The van der Waals surface area contributed by atoms with E-state index in [4.69, 9.17) is 27.4 Å². The quantitative estimate of drug-likeness (QED) is 0.175. The van der Waals surface area contributed by atoms with Crippen molar-refractivity contribution in [2.75, 3.05) is 0 Å². The molecule has 0 bridgehead atoms. The second kappa shape index (κ2) is 10.6. The molecule has 44 heavy (non-hydrogen) atoms. The van der Waals surface area contributed by atoms with E-state index in [-0.39, 0.29) is 10.8 Å². The molecular formula is C41H44Cl2Zr. The van der Waals surface area contributed by atoms with E-state index in [2.05, 4.69) is 128 Å². The van der Waals surface area contributed by atoms with Gasteiger partial charge in [-0.1, -0.05) is 0 Å². The zero-order chi connectivity index (χ0) is 31.8. The first-order valence-corrected chi connectivity index (χ1v) is 23.2. The maximum atomic E-state index is 6.88. The molecule has 4 aromatic carbocycles. The third kappa shape index (κ3) is 4.68. The van der Waals surface area contributed by atoms with E-state index in [0.717, 1.165) is 22.9 Å². The first kappa shape index (κ1) is 31.7. The van der Waals surface area contributed by atoms with Gasteiger partial charge in [-0.2, -0.15) is 0 Å². The molecule has 0 amide bonds. The fourth-order valence-electron chi connectivity index (χ4n) is 8.45. The van der Waals surface area contributed by atoms with E-state index in [1.165, 1.54) is 57.6 Å². The van der Waals surface area contributed by atoms with E-state index in [0.29, 0.717) is 0 Å². The fraction of sp³-hybridized carbons (Fsp3) is 0.293. The Morgan fingerprint density at radius 2 is 1.30 bits per heavy atom. The molecule has 0 nitrogen and oxygen atoms in total. The van der Waals surface area contributed by atoms with Gasteiger partial charge in [0.25, 0.3) is 0 Å². The van der Waals surface area contributed by atoms with Crippen LogP contribution in [0.3, 0.4) is 0 Å². The zero-order valence-electron chi connectivity index (χ0n) is 27.5. The Morgan fingerprint density at radius 3 is 1.80 bits per heavy atom. The molecule has 3 heteroatoms. The Morgan fingerprint density at radius 1 is 0.727 bits per heavy atom. The molecule has 0 saturated carbocycles. The van der Waals surface area contributed by atoms with E-state index in [9.17, 15) is 0 Å². The molecule has 0 fully saturated rings. The van der Waals surface area contributed by atoms with E-state index < -0.39 is 18.3 Å². The van der Waals surface area contributed by atoms with Gasteiger partial charge in [-0.3, -0.25) is 0 Å². The number of halogens is 2. The van der Waals surface area contributed by atoms with Crippen LogP contribution in [-0.4, -0.2) is 4.21 Å². The summed E-state index contributed by atoms with van der Waals surface area (Å²) in [4.78, 5) is 0. The van der Waals surface area contributed by atoms with Crippen LogP contribution in [0.1, 0.15) is 81.3 Å². The summed E-state index contributed by atoms with van der Waals surface area (Å²) in [6, 6.07) is 24.7. The molecule has 0 aliphatic heterocycles. The van der Waals surface area contributed by atoms with Crippen LogP contribution in [0.4, 0.5) is 0 Å². The van der Waals surface area contributed by atoms with Gasteiger partial charge in [0, 0.05) is 0 Å². The molecule has 0 N–H and O–H groups in total. The Bertz CT molecular complexity index is 1920. The summed E-state index contributed by atoms with van der Waals surface area (Å²) in [6.45, 7) is 18.6. The number of benzene rings is 4. The monoisotopic (exact) mass is 696 g/mol. The molecule has 0 saturated heterocycles. The fourth-order valence-corrected chi connectivity index (χ4v) is 25.8. The van der Waals surface area contributed by atoms with Crippen LogP contribution in [0.25, 0.3) is 11.1 Å². The Hall–Kier alpha value is -2.31. The summed E-state index contributed by atoms with van der Waals surface area (Å²) in [6.07, 6.45) is 8.65.